The minimum absolute atomic E-state index is 0.0358. The largest absolute Gasteiger partial charge is 0.468 e. The van der Waals surface area contributed by atoms with Gasteiger partial charge in [-0.2, -0.15) is 0 Å². The van der Waals surface area contributed by atoms with Crippen molar-refractivity contribution in [1.82, 2.24) is 0 Å². The summed E-state index contributed by atoms with van der Waals surface area (Å²) in [5.74, 6) is 4.62. The van der Waals surface area contributed by atoms with E-state index in [0.29, 0.717) is 6.42 Å². The van der Waals surface area contributed by atoms with Crippen LogP contribution >= 0.6 is 0 Å². The van der Waals surface area contributed by atoms with Gasteiger partial charge in [0.1, 0.15) is 0 Å². The normalized spacial score (nSPS) is 10.2. The van der Waals surface area contributed by atoms with Gasteiger partial charge in [0.05, 0.1) is 14.2 Å². The number of allylic oxidation sites excluding steroid dienone is 1. The Labute approximate surface area is 137 Å². The first-order chi connectivity index (χ1) is 11.0. The molecule has 0 N–H and O–H groups in total. The Morgan fingerprint density at radius 2 is 1.74 bits per heavy atom. The average molecular weight is 314 g/mol. The van der Waals surface area contributed by atoms with E-state index < -0.39 is 17.4 Å². The van der Waals surface area contributed by atoms with Gasteiger partial charge in [0, 0.05) is 12.0 Å². The third-order valence-corrected chi connectivity index (χ3v) is 3.60. The van der Waals surface area contributed by atoms with Crippen LogP contribution in [0.2, 0.25) is 0 Å². The summed E-state index contributed by atoms with van der Waals surface area (Å²) in [6.45, 7) is 5.62. The molecule has 122 valence electrons. The highest BCUT2D eigenvalue weighted by molar-refractivity contribution is 6.00. The van der Waals surface area contributed by atoms with Crippen molar-refractivity contribution in [2.75, 3.05) is 14.2 Å². The van der Waals surface area contributed by atoms with Gasteiger partial charge >= 0.3 is 11.9 Å². The maximum absolute atomic E-state index is 12.2. The second-order valence-corrected chi connectivity index (χ2v) is 5.24. The maximum atomic E-state index is 12.2. The van der Waals surface area contributed by atoms with Crippen LogP contribution in [-0.2, 0) is 19.1 Å². The summed E-state index contributed by atoms with van der Waals surface area (Å²) in [7, 11) is 2.50. The molecule has 0 spiro atoms. The van der Waals surface area contributed by atoms with Crippen LogP contribution in [0.25, 0.3) is 0 Å². The van der Waals surface area contributed by atoms with Crippen LogP contribution in [0.3, 0.4) is 0 Å². The van der Waals surface area contributed by atoms with Gasteiger partial charge in [-0.15, -0.1) is 6.58 Å². The SMILES string of the molecule is C=CCCC(CC#Cc1ccc(C)cc1)(C(=O)OC)C(=O)OC. The van der Waals surface area contributed by atoms with Crippen molar-refractivity contribution >= 4 is 11.9 Å². The quantitative estimate of drug-likeness (QED) is 0.350. The number of benzene rings is 1. The Morgan fingerprint density at radius 3 is 2.22 bits per heavy atom. The minimum Gasteiger partial charge on any atom is -0.468 e. The summed E-state index contributed by atoms with van der Waals surface area (Å²) < 4.78 is 9.62. The third-order valence-electron chi connectivity index (χ3n) is 3.60. The molecule has 0 saturated carbocycles. The highest BCUT2D eigenvalue weighted by atomic mass is 16.5. The van der Waals surface area contributed by atoms with Crippen molar-refractivity contribution in [3.05, 3.63) is 48.0 Å². The number of hydrogen-bond acceptors (Lipinski definition) is 4. The summed E-state index contributed by atoms with van der Waals surface area (Å²) >= 11 is 0. The number of esters is 2. The molecular weight excluding hydrogens is 292 g/mol. The highest BCUT2D eigenvalue weighted by Gasteiger charge is 2.47. The van der Waals surface area contributed by atoms with Gasteiger partial charge in [-0.3, -0.25) is 9.59 Å². The summed E-state index contributed by atoms with van der Waals surface area (Å²) in [6.07, 6.45) is 2.41. The molecule has 0 aliphatic heterocycles. The van der Waals surface area contributed by atoms with Crippen molar-refractivity contribution in [3.8, 4) is 11.8 Å². The molecule has 0 fully saturated rings. The lowest BCUT2D eigenvalue weighted by atomic mass is 9.80. The first kappa shape index (κ1) is 18.5. The van der Waals surface area contributed by atoms with Crippen LogP contribution in [0.4, 0.5) is 0 Å². The van der Waals surface area contributed by atoms with Crippen molar-refractivity contribution in [3.63, 3.8) is 0 Å². The van der Waals surface area contributed by atoms with Gasteiger partial charge in [-0.25, -0.2) is 0 Å². The molecule has 0 aliphatic carbocycles. The van der Waals surface area contributed by atoms with E-state index in [-0.39, 0.29) is 12.8 Å². The van der Waals surface area contributed by atoms with E-state index in [0.717, 1.165) is 11.1 Å². The topological polar surface area (TPSA) is 52.6 Å². The van der Waals surface area contributed by atoms with Crippen molar-refractivity contribution in [2.45, 2.75) is 26.2 Å². The third kappa shape index (κ3) is 4.72. The Morgan fingerprint density at radius 1 is 1.17 bits per heavy atom. The van der Waals surface area contributed by atoms with Crippen molar-refractivity contribution in [1.29, 1.82) is 0 Å². The fraction of sp³-hybridized carbons (Fsp3) is 0.368. The fourth-order valence-corrected chi connectivity index (χ4v) is 2.19. The second-order valence-electron chi connectivity index (χ2n) is 5.24. The van der Waals surface area contributed by atoms with Crippen LogP contribution in [-0.4, -0.2) is 26.2 Å². The molecule has 0 radical (unpaired) electrons. The van der Waals surface area contributed by atoms with Gasteiger partial charge in [-0.1, -0.05) is 35.6 Å². The number of methoxy groups -OCH3 is 2. The van der Waals surface area contributed by atoms with E-state index in [1.807, 2.05) is 31.2 Å². The maximum Gasteiger partial charge on any atom is 0.324 e. The molecule has 1 rings (SSSR count). The average Bonchev–Trinajstić information content (AvgIpc) is 2.58. The monoisotopic (exact) mass is 314 g/mol. The van der Waals surface area contributed by atoms with E-state index in [9.17, 15) is 9.59 Å². The van der Waals surface area contributed by atoms with Crippen LogP contribution in [0.1, 0.15) is 30.4 Å². The van der Waals surface area contributed by atoms with Gasteiger partial charge in [-0.05, 0) is 31.9 Å². The van der Waals surface area contributed by atoms with Gasteiger partial charge < -0.3 is 9.47 Å². The molecule has 0 amide bonds. The molecule has 1 aromatic carbocycles. The Bertz CT molecular complexity index is 601. The molecule has 23 heavy (non-hydrogen) atoms. The molecule has 0 aliphatic rings. The van der Waals surface area contributed by atoms with E-state index in [1.165, 1.54) is 14.2 Å². The highest BCUT2D eigenvalue weighted by Crippen LogP contribution is 2.31. The Kier molecular flexibility index (Phi) is 7.08. The van der Waals surface area contributed by atoms with Gasteiger partial charge in [0.15, 0.2) is 5.41 Å². The van der Waals surface area contributed by atoms with Gasteiger partial charge in [0.25, 0.3) is 0 Å². The van der Waals surface area contributed by atoms with Crippen molar-refractivity contribution < 1.29 is 19.1 Å². The number of rotatable bonds is 6. The molecule has 4 nitrogen and oxygen atoms in total. The molecule has 0 heterocycles. The van der Waals surface area contributed by atoms with Crippen LogP contribution < -0.4 is 0 Å². The fourth-order valence-electron chi connectivity index (χ4n) is 2.19. The molecule has 0 saturated heterocycles. The number of aryl methyl sites for hydroxylation is 1. The summed E-state index contributed by atoms with van der Waals surface area (Å²) in [4.78, 5) is 24.4. The Balaban J connectivity index is 3.08. The van der Waals surface area contributed by atoms with Crippen LogP contribution in [0, 0.1) is 24.2 Å². The number of ether oxygens (including phenoxy) is 2. The first-order valence-electron chi connectivity index (χ1n) is 7.33. The van der Waals surface area contributed by atoms with Crippen LogP contribution in [0.5, 0.6) is 0 Å². The molecular formula is C19H22O4. The molecule has 1 aromatic rings. The molecule has 0 unspecified atom stereocenters. The molecule has 0 atom stereocenters. The first-order valence-corrected chi connectivity index (χ1v) is 7.33. The summed E-state index contributed by atoms with van der Waals surface area (Å²) in [5, 5.41) is 0. The lowest BCUT2D eigenvalue weighted by Gasteiger charge is -2.25. The summed E-state index contributed by atoms with van der Waals surface area (Å²) in [6, 6.07) is 7.69. The van der Waals surface area contributed by atoms with Crippen molar-refractivity contribution in [2.24, 2.45) is 5.41 Å². The van der Waals surface area contributed by atoms with E-state index >= 15 is 0 Å². The zero-order valence-corrected chi connectivity index (χ0v) is 13.8. The zero-order chi connectivity index (χ0) is 17.3. The molecule has 0 bridgehead atoms. The number of hydrogen-bond donors (Lipinski definition) is 0. The van der Waals surface area contributed by atoms with Crippen LogP contribution in [0.15, 0.2) is 36.9 Å². The minimum atomic E-state index is -1.42. The standard InChI is InChI=1S/C19H22O4/c1-5-6-13-19(17(20)22-3,18(21)23-4)14-7-8-16-11-9-15(2)10-12-16/h5,9-12H,1,6,13-14H2,2-4H3. The van der Waals surface area contributed by atoms with E-state index in [1.54, 1.807) is 6.08 Å². The zero-order valence-electron chi connectivity index (χ0n) is 13.8. The smallest absolute Gasteiger partial charge is 0.324 e. The summed E-state index contributed by atoms with van der Waals surface area (Å²) in [5.41, 5.74) is 0.540. The number of carbonyl (C=O) groups excluding carboxylic acids is 2. The number of carbonyl (C=O) groups is 2. The predicted octanol–water partition coefficient (Wildman–Crippen LogP) is 3.04. The predicted molar refractivity (Wildman–Crippen MR) is 88.6 cm³/mol. The second kappa shape index (κ2) is 8.79. The lowest BCUT2D eigenvalue weighted by molar-refractivity contribution is -0.169. The van der Waals surface area contributed by atoms with E-state index in [4.69, 9.17) is 9.47 Å². The Hall–Kier alpha value is -2.54. The van der Waals surface area contributed by atoms with E-state index in [2.05, 4.69) is 18.4 Å². The lowest BCUT2D eigenvalue weighted by Crippen LogP contribution is -2.41. The van der Waals surface area contributed by atoms with Gasteiger partial charge in [0.2, 0.25) is 0 Å². The molecule has 4 heteroatoms. The molecule has 0 aromatic heterocycles.